The van der Waals surface area contributed by atoms with Crippen molar-refractivity contribution in [2.45, 2.75) is 19.1 Å². The van der Waals surface area contributed by atoms with E-state index in [1.807, 2.05) is 43.6 Å². The van der Waals surface area contributed by atoms with E-state index in [0.717, 1.165) is 16.9 Å². The normalized spacial score (nSPS) is 18.8. The average Bonchev–Trinajstić information content (AvgIpc) is 3.37. The summed E-state index contributed by atoms with van der Waals surface area (Å²) in [6.45, 7) is 1.03. The first-order valence-electron chi connectivity index (χ1n) is 9.28. The SMILES string of the molecule is Cn1cc([C@@H]2OCC[C@H]2C(=O)Oc2ccc(OCc3ccccc3)cc2)cn1. The zero-order valence-corrected chi connectivity index (χ0v) is 15.7. The van der Waals surface area contributed by atoms with Gasteiger partial charge in [-0.1, -0.05) is 30.3 Å². The Morgan fingerprint density at radius 3 is 2.61 bits per heavy atom. The summed E-state index contributed by atoms with van der Waals surface area (Å²) in [6.07, 6.45) is 3.93. The van der Waals surface area contributed by atoms with Crippen LogP contribution in [0.4, 0.5) is 0 Å². The van der Waals surface area contributed by atoms with Crippen molar-refractivity contribution in [1.29, 1.82) is 0 Å². The Labute approximate surface area is 163 Å². The number of aryl methyl sites for hydroxylation is 1. The van der Waals surface area contributed by atoms with Gasteiger partial charge in [0.15, 0.2) is 0 Å². The average molecular weight is 378 g/mol. The molecule has 2 heterocycles. The second-order valence-electron chi connectivity index (χ2n) is 6.80. The summed E-state index contributed by atoms with van der Waals surface area (Å²) in [5.41, 5.74) is 1.99. The lowest BCUT2D eigenvalue weighted by Crippen LogP contribution is -2.23. The van der Waals surface area contributed by atoms with E-state index in [9.17, 15) is 4.79 Å². The molecule has 1 aliphatic rings. The number of esters is 1. The van der Waals surface area contributed by atoms with Crippen LogP contribution in [0.1, 0.15) is 23.7 Å². The molecule has 144 valence electrons. The number of nitrogens with zero attached hydrogens (tertiary/aromatic N) is 2. The van der Waals surface area contributed by atoms with E-state index in [-0.39, 0.29) is 18.0 Å². The van der Waals surface area contributed by atoms with Crippen molar-refractivity contribution in [3.63, 3.8) is 0 Å². The first-order chi connectivity index (χ1) is 13.7. The minimum Gasteiger partial charge on any atom is -0.489 e. The third-order valence-electron chi connectivity index (χ3n) is 4.74. The van der Waals surface area contributed by atoms with Crippen molar-refractivity contribution < 1.29 is 19.0 Å². The Morgan fingerprint density at radius 2 is 1.89 bits per heavy atom. The van der Waals surface area contributed by atoms with Crippen molar-refractivity contribution >= 4 is 5.97 Å². The van der Waals surface area contributed by atoms with E-state index in [1.165, 1.54) is 0 Å². The Balaban J connectivity index is 1.35. The maximum absolute atomic E-state index is 12.6. The van der Waals surface area contributed by atoms with E-state index >= 15 is 0 Å². The fourth-order valence-electron chi connectivity index (χ4n) is 3.28. The van der Waals surface area contributed by atoms with Gasteiger partial charge >= 0.3 is 5.97 Å². The molecular weight excluding hydrogens is 356 g/mol. The third kappa shape index (κ3) is 4.23. The minimum absolute atomic E-state index is 0.288. The van der Waals surface area contributed by atoms with Crippen LogP contribution >= 0.6 is 0 Å². The molecule has 0 amide bonds. The number of ether oxygens (including phenoxy) is 3. The molecule has 0 bridgehead atoms. The molecule has 4 rings (SSSR count). The van der Waals surface area contributed by atoms with E-state index in [0.29, 0.717) is 25.4 Å². The van der Waals surface area contributed by atoms with Crippen LogP contribution in [0.3, 0.4) is 0 Å². The van der Waals surface area contributed by atoms with Gasteiger partial charge in [0.25, 0.3) is 0 Å². The summed E-state index contributed by atoms with van der Waals surface area (Å²) in [7, 11) is 1.84. The van der Waals surface area contributed by atoms with Crippen LogP contribution < -0.4 is 9.47 Å². The molecule has 1 fully saturated rings. The predicted octanol–water partition coefficient (Wildman–Crippen LogP) is 3.68. The maximum atomic E-state index is 12.6. The number of aromatic nitrogens is 2. The van der Waals surface area contributed by atoms with Gasteiger partial charge in [-0.2, -0.15) is 5.10 Å². The van der Waals surface area contributed by atoms with Crippen LogP contribution in [0, 0.1) is 5.92 Å². The van der Waals surface area contributed by atoms with Crippen molar-refractivity contribution in [3.05, 3.63) is 78.1 Å². The topological polar surface area (TPSA) is 62.6 Å². The van der Waals surface area contributed by atoms with Gasteiger partial charge in [-0.15, -0.1) is 0 Å². The van der Waals surface area contributed by atoms with Crippen molar-refractivity contribution in [1.82, 2.24) is 9.78 Å². The lowest BCUT2D eigenvalue weighted by atomic mass is 9.97. The van der Waals surface area contributed by atoms with Crippen molar-refractivity contribution in [2.75, 3.05) is 6.61 Å². The quantitative estimate of drug-likeness (QED) is 0.484. The van der Waals surface area contributed by atoms with Crippen LogP contribution in [0.5, 0.6) is 11.5 Å². The number of carbonyl (C=O) groups excluding carboxylic acids is 1. The lowest BCUT2D eigenvalue weighted by Gasteiger charge is -2.16. The smallest absolute Gasteiger partial charge is 0.317 e. The number of hydrogen-bond acceptors (Lipinski definition) is 5. The molecular formula is C22H22N2O4. The second kappa shape index (κ2) is 8.27. The number of hydrogen-bond donors (Lipinski definition) is 0. The van der Waals surface area contributed by atoms with Gasteiger partial charge in [-0.3, -0.25) is 9.48 Å². The molecule has 1 aliphatic heterocycles. The zero-order valence-electron chi connectivity index (χ0n) is 15.7. The van der Waals surface area contributed by atoms with Crippen LogP contribution in [0.2, 0.25) is 0 Å². The highest BCUT2D eigenvalue weighted by atomic mass is 16.5. The molecule has 0 unspecified atom stereocenters. The van der Waals surface area contributed by atoms with Gasteiger partial charge in [0.2, 0.25) is 0 Å². The Kier molecular flexibility index (Phi) is 5.39. The molecule has 0 spiro atoms. The van der Waals surface area contributed by atoms with E-state index in [2.05, 4.69) is 5.10 Å². The zero-order chi connectivity index (χ0) is 19.3. The summed E-state index contributed by atoms with van der Waals surface area (Å²) in [6, 6.07) is 17.0. The highest BCUT2D eigenvalue weighted by Gasteiger charge is 2.37. The van der Waals surface area contributed by atoms with Crippen molar-refractivity contribution in [2.24, 2.45) is 13.0 Å². The van der Waals surface area contributed by atoms with Gasteiger partial charge in [0.1, 0.15) is 18.1 Å². The van der Waals surface area contributed by atoms with Gasteiger partial charge < -0.3 is 14.2 Å². The lowest BCUT2D eigenvalue weighted by molar-refractivity contribution is -0.140. The van der Waals surface area contributed by atoms with Gasteiger partial charge in [-0.05, 0) is 36.2 Å². The van der Waals surface area contributed by atoms with Crippen LogP contribution in [-0.4, -0.2) is 22.4 Å². The number of benzene rings is 2. The first-order valence-corrected chi connectivity index (χ1v) is 9.28. The third-order valence-corrected chi connectivity index (χ3v) is 4.74. The highest BCUT2D eigenvalue weighted by molar-refractivity contribution is 5.76. The number of carbonyl (C=O) groups is 1. The van der Waals surface area contributed by atoms with Gasteiger partial charge in [0, 0.05) is 25.4 Å². The standard InChI is InChI=1S/C22H22N2O4/c1-24-14-17(13-23-24)21-20(11-12-26-21)22(25)28-19-9-7-18(8-10-19)27-15-16-5-3-2-4-6-16/h2-10,13-14,20-21H,11-12,15H2,1H3/t20-,21+/m1/s1. The van der Waals surface area contributed by atoms with Crippen LogP contribution in [-0.2, 0) is 23.2 Å². The molecule has 2 atom stereocenters. The fraction of sp³-hybridized carbons (Fsp3) is 0.273. The first kappa shape index (κ1) is 18.3. The fourth-order valence-corrected chi connectivity index (χ4v) is 3.28. The Bertz CT molecular complexity index is 921. The van der Waals surface area contributed by atoms with Gasteiger partial charge in [-0.25, -0.2) is 0 Å². The molecule has 0 N–H and O–H groups in total. The minimum atomic E-state index is -0.335. The largest absolute Gasteiger partial charge is 0.489 e. The Hall–Kier alpha value is -3.12. The molecule has 0 saturated carbocycles. The maximum Gasteiger partial charge on any atom is 0.317 e. The molecule has 3 aromatic rings. The molecule has 6 nitrogen and oxygen atoms in total. The van der Waals surface area contributed by atoms with Crippen molar-refractivity contribution in [3.8, 4) is 11.5 Å². The molecule has 28 heavy (non-hydrogen) atoms. The molecule has 0 radical (unpaired) electrons. The summed E-state index contributed by atoms with van der Waals surface area (Å²) in [5, 5.41) is 4.16. The van der Waals surface area contributed by atoms with Crippen LogP contribution in [0.25, 0.3) is 0 Å². The monoisotopic (exact) mass is 378 g/mol. The predicted molar refractivity (Wildman–Crippen MR) is 103 cm³/mol. The summed E-state index contributed by atoms with van der Waals surface area (Å²) in [4.78, 5) is 12.6. The van der Waals surface area contributed by atoms with Crippen LogP contribution in [0.15, 0.2) is 67.0 Å². The Morgan fingerprint density at radius 1 is 1.14 bits per heavy atom. The van der Waals surface area contributed by atoms with E-state index < -0.39 is 0 Å². The highest BCUT2D eigenvalue weighted by Crippen LogP contribution is 2.35. The van der Waals surface area contributed by atoms with E-state index in [1.54, 1.807) is 35.1 Å². The molecule has 1 saturated heterocycles. The van der Waals surface area contributed by atoms with Gasteiger partial charge in [0.05, 0.1) is 18.2 Å². The van der Waals surface area contributed by atoms with E-state index in [4.69, 9.17) is 14.2 Å². The summed E-state index contributed by atoms with van der Waals surface area (Å²) < 4.78 is 18.8. The molecule has 2 aromatic carbocycles. The molecule has 6 heteroatoms. The second-order valence-corrected chi connectivity index (χ2v) is 6.80. The molecule has 1 aromatic heterocycles. The summed E-state index contributed by atoms with van der Waals surface area (Å²) >= 11 is 0. The molecule has 0 aliphatic carbocycles. The number of rotatable bonds is 6. The summed E-state index contributed by atoms with van der Waals surface area (Å²) in [5.74, 6) is 0.595.